The lowest BCUT2D eigenvalue weighted by atomic mass is 9.87. The SMILES string of the molecule is CC(C)(C)c1ccc(OCP(=O)(O)O)cc1F. The van der Waals surface area contributed by atoms with Crippen LogP contribution in [0.4, 0.5) is 4.39 Å². The Labute approximate surface area is 99.6 Å². The smallest absolute Gasteiger partial charge is 0.362 e. The van der Waals surface area contributed by atoms with Gasteiger partial charge in [0.25, 0.3) is 0 Å². The van der Waals surface area contributed by atoms with Crippen molar-refractivity contribution < 1.29 is 23.5 Å². The summed E-state index contributed by atoms with van der Waals surface area (Å²) in [7, 11) is -4.24. The van der Waals surface area contributed by atoms with Crippen molar-refractivity contribution in [2.75, 3.05) is 6.35 Å². The molecule has 0 spiro atoms. The number of benzene rings is 1. The lowest BCUT2D eigenvalue weighted by Crippen LogP contribution is -2.13. The third kappa shape index (κ3) is 4.46. The Morgan fingerprint density at radius 2 is 1.94 bits per heavy atom. The standard InChI is InChI=1S/C11H16FO4P/c1-11(2,3)9-5-4-8(6-10(9)12)16-7-17(13,14)15/h4-6H,7H2,1-3H3,(H2,13,14,15). The van der Waals surface area contributed by atoms with Crippen LogP contribution in [0.5, 0.6) is 5.75 Å². The Kier molecular flexibility index (Phi) is 3.97. The van der Waals surface area contributed by atoms with Crippen LogP contribution in [0.2, 0.25) is 0 Å². The van der Waals surface area contributed by atoms with Gasteiger partial charge in [-0.3, -0.25) is 4.57 Å². The van der Waals surface area contributed by atoms with Gasteiger partial charge in [0.15, 0.2) is 6.35 Å². The van der Waals surface area contributed by atoms with E-state index < -0.39 is 19.8 Å². The summed E-state index contributed by atoms with van der Waals surface area (Å²) in [6.07, 6.45) is -0.749. The van der Waals surface area contributed by atoms with Gasteiger partial charge in [0.1, 0.15) is 11.6 Å². The van der Waals surface area contributed by atoms with Crippen molar-refractivity contribution in [2.45, 2.75) is 26.2 Å². The molecule has 1 aromatic rings. The predicted octanol–water partition coefficient (Wildman–Crippen LogP) is 2.64. The number of ether oxygens (including phenoxy) is 1. The van der Waals surface area contributed by atoms with Gasteiger partial charge in [0.05, 0.1) is 0 Å². The highest BCUT2D eigenvalue weighted by molar-refractivity contribution is 7.51. The Hall–Kier alpha value is -0.900. The fourth-order valence-electron chi connectivity index (χ4n) is 1.35. The summed E-state index contributed by atoms with van der Waals surface area (Å²) in [4.78, 5) is 17.2. The quantitative estimate of drug-likeness (QED) is 0.822. The van der Waals surface area contributed by atoms with E-state index in [-0.39, 0.29) is 11.2 Å². The second kappa shape index (κ2) is 4.77. The van der Waals surface area contributed by atoms with Gasteiger partial charge in [-0.15, -0.1) is 0 Å². The number of halogens is 1. The minimum atomic E-state index is -4.24. The first-order valence-corrected chi connectivity index (χ1v) is 6.87. The molecule has 0 aliphatic carbocycles. The Morgan fingerprint density at radius 3 is 2.35 bits per heavy atom. The molecule has 0 amide bonds. The van der Waals surface area contributed by atoms with E-state index in [4.69, 9.17) is 14.5 Å². The van der Waals surface area contributed by atoms with E-state index in [1.54, 1.807) is 6.07 Å². The summed E-state index contributed by atoms with van der Waals surface area (Å²) in [5, 5.41) is 0. The Bertz CT molecular complexity index is 447. The molecule has 0 unspecified atom stereocenters. The van der Waals surface area contributed by atoms with Gasteiger partial charge < -0.3 is 14.5 Å². The molecule has 0 bridgehead atoms. The first-order valence-electron chi connectivity index (χ1n) is 5.07. The number of hydrogen-bond acceptors (Lipinski definition) is 2. The first kappa shape index (κ1) is 14.2. The van der Waals surface area contributed by atoms with Gasteiger partial charge in [0.2, 0.25) is 0 Å². The molecule has 2 N–H and O–H groups in total. The van der Waals surface area contributed by atoms with Crippen LogP contribution in [-0.4, -0.2) is 16.1 Å². The Morgan fingerprint density at radius 1 is 1.35 bits per heavy atom. The minimum absolute atomic E-state index is 0.110. The zero-order valence-electron chi connectivity index (χ0n) is 9.98. The van der Waals surface area contributed by atoms with Crippen molar-refractivity contribution in [1.29, 1.82) is 0 Å². The highest BCUT2D eigenvalue weighted by Crippen LogP contribution is 2.35. The zero-order valence-corrected chi connectivity index (χ0v) is 10.9. The minimum Gasteiger partial charge on any atom is -0.481 e. The summed E-state index contributed by atoms with van der Waals surface area (Å²) in [6, 6.07) is 4.19. The topological polar surface area (TPSA) is 66.8 Å². The van der Waals surface area contributed by atoms with Gasteiger partial charge in [-0.2, -0.15) is 0 Å². The zero-order chi connectivity index (χ0) is 13.3. The molecule has 0 saturated heterocycles. The van der Waals surface area contributed by atoms with E-state index in [2.05, 4.69) is 0 Å². The van der Waals surface area contributed by atoms with Crippen molar-refractivity contribution >= 4 is 7.60 Å². The predicted molar refractivity (Wildman–Crippen MR) is 62.6 cm³/mol. The third-order valence-electron chi connectivity index (χ3n) is 2.15. The molecule has 0 aromatic heterocycles. The summed E-state index contributed by atoms with van der Waals surface area (Å²) < 4.78 is 29.1. The molecule has 0 saturated carbocycles. The molecule has 6 heteroatoms. The summed E-state index contributed by atoms with van der Waals surface area (Å²) in [6.45, 7) is 5.63. The van der Waals surface area contributed by atoms with Crippen LogP contribution in [-0.2, 0) is 9.98 Å². The fraction of sp³-hybridized carbons (Fsp3) is 0.455. The highest BCUT2D eigenvalue weighted by Gasteiger charge is 2.19. The van der Waals surface area contributed by atoms with Crippen LogP contribution in [0.15, 0.2) is 18.2 Å². The first-order chi connectivity index (χ1) is 7.59. The molecule has 0 atom stereocenters. The molecule has 0 heterocycles. The summed E-state index contributed by atoms with van der Waals surface area (Å²) in [5.74, 6) is -0.334. The normalized spacial score (nSPS) is 12.6. The molecule has 1 aromatic carbocycles. The van der Waals surface area contributed by atoms with E-state index in [0.717, 1.165) is 6.07 Å². The second-order valence-electron chi connectivity index (χ2n) is 4.83. The third-order valence-corrected chi connectivity index (χ3v) is 2.61. The molecule has 96 valence electrons. The molecule has 0 radical (unpaired) electrons. The molecule has 0 aliphatic heterocycles. The molecule has 0 aliphatic rings. The van der Waals surface area contributed by atoms with Gasteiger partial charge in [-0.05, 0) is 17.0 Å². The van der Waals surface area contributed by atoms with Crippen LogP contribution in [0.25, 0.3) is 0 Å². The van der Waals surface area contributed by atoms with Crippen LogP contribution in [0.3, 0.4) is 0 Å². The van der Waals surface area contributed by atoms with E-state index in [1.165, 1.54) is 6.07 Å². The lowest BCUT2D eigenvalue weighted by molar-refractivity contribution is 0.299. The van der Waals surface area contributed by atoms with Crippen LogP contribution >= 0.6 is 7.60 Å². The van der Waals surface area contributed by atoms with E-state index in [0.29, 0.717) is 5.56 Å². The monoisotopic (exact) mass is 262 g/mol. The average molecular weight is 262 g/mol. The van der Waals surface area contributed by atoms with Gasteiger partial charge in [-0.25, -0.2) is 4.39 Å². The molecule has 0 fully saturated rings. The van der Waals surface area contributed by atoms with E-state index in [9.17, 15) is 8.96 Å². The molecule has 4 nitrogen and oxygen atoms in total. The summed E-state index contributed by atoms with van der Waals surface area (Å²) in [5.41, 5.74) is 0.201. The van der Waals surface area contributed by atoms with Crippen molar-refractivity contribution in [3.05, 3.63) is 29.6 Å². The Balaban J connectivity index is 2.87. The molecule has 1 rings (SSSR count). The van der Waals surface area contributed by atoms with Crippen molar-refractivity contribution in [1.82, 2.24) is 0 Å². The number of rotatable bonds is 3. The van der Waals surface area contributed by atoms with Crippen LogP contribution in [0.1, 0.15) is 26.3 Å². The van der Waals surface area contributed by atoms with Gasteiger partial charge in [0, 0.05) is 6.07 Å². The molecular formula is C11H16FO4P. The largest absolute Gasteiger partial charge is 0.481 e. The number of hydrogen-bond donors (Lipinski definition) is 2. The second-order valence-corrected chi connectivity index (χ2v) is 6.42. The molecular weight excluding hydrogens is 246 g/mol. The van der Waals surface area contributed by atoms with Crippen LogP contribution in [0, 0.1) is 5.82 Å². The maximum Gasteiger partial charge on any atom is 0.362 e. The van der Waals surface area contributed by atoms with E-state index >= 15 is 0 Å². The maximum absolute atomic E-state index is 13.7. The summed E-state index contributed by atoms with van der Waals surface area (Å²) >= 11 is 0. The fourth-order valence-corrected chi connectivity index (χ4v) is 1.67. The van der Waals surface area contributed by atoms with Crippen molar-refractivity contribution in [2.24, 2.45) is 0 Å². The lowest BCUT2D eigenvalue weighted by Gasteiger charge is -2.20. The van der Waals surface area contributed by atoms with E-state index in [1.807, 2.05) is 20.8 Å². The van der Waals surface area contributed by atoms with Gasteiger partial charge in [-0.1, -0.05) is 26.8 Å². The van der Waals surface area contributed by atoms with Crippen molar-refractivity contribution in [3.8, 4) is 5.75 Å². The van der Waals surface area contributed by atoms with Gasteiger partial charge >= 0.3 is 7.60 Å². The van der Waals surface area contributed by atoms with Crippen LogP contribution < -0.4 is 4.74 Å². The average Bonchev–Trinajstić information content (AvgIpc) is 2.11. The molecule has 17 heavy (non-hydrogen) atoms. The highest BCUT2D eigenvalue weighted by atomic mass is 31.2. The van der Waals surface area contributed by atoms with Crippen molar-refractivity contribution in [3.63, 3.8) is 0 Å². The maximum atomic E-state index is 13.7.